The summed E-state index contributed by atoms with van der Waals surface area (Å²) in [5.41, 5.74) is -0.365. The lowest BCUT2D eigenvalue weighted by Gasteiger charge is -2.46. The third-order valence-corrected chi connectivity index (χ3v) is 3.59. The quantitative estimate of drug-likeness (QED) is 0.637. The van der Waals surface area contributed by atoms with Gasteiger partial charge in [-0.3, -0.25) is 4.79 Å². The predicted molar refractivity (Wildman–Crippen MR) is 48.4 cm³/mol. The number of aliphatic hydroxyl groups excluding tert-OH is 1. The maximum absolute atomic E-state index is 11.3. The molecule has 1 heterocycles. The fraction of sp³-hybridized carbons (Fsp3) is 0.900. The number of hydrogen-bond donors (Lipinski definition) is 1. The molecule has 0 amide bonds. The largest absolute Gasteiger partial charge is 0.429 e. The molecule has 2 rings (SSSR count). The molecule has 1 aliphatic heterocycles. The minimum Gasteiger partial charge on any atom is -0.429 e. The Morgan fingerprint density at radius 3 is 2.93 bits per heavy atom. The van der Waals surface area contributed by atoms with Crippen LogP contribution in [0.25, 0.3) is 0 Å². The van der Waals surface area contributed by atoms with E-state index < -0.39 is 11.9 Å². The predicted octanol–water partition coefficient (Wildman–Crippen LogP) is 0.827. The molecule has 0 spiro atoms. The summed E-state index contributed by atoms with van der Waals surface area (Å²) >= 11 is 0. The monoisotopic (exact) mass is 200 g/mol. The van der Waals surface area contributed by atoms with E-state index in [1.165, 1.54) is 7.11 Å². The Balaban J connectivity index is 2.39. The molecule has 1 N–H and O–H groups in total. The van der Waals surface area contributed by atoms with Crippen LogP contribution in [0, 0.1) is 5.41 Å². The Morgan fingerprint density at radius 2 is 2.36 bits per heavy atom. The van der Waals surface area contributed by atoms with Gasteiger partial charge in [0.05, 0.1) is 6.42 Å². The zero-order valence-electron chi connectivity index (χ0n) is 8.58. The molecule has 1 saturated carbocycles. The van der Waals surface area contributed by atoms with Gasteiger partial charge in [0.25, 0.3) is 0 Å². The van der Waals surface area contributed by atoms with Gasteiger partial charge >= 0.3 is 5.97 Å². The first-order valence-electron chi connectivity index (χ1n) is 4.99. The molecule has 0 radical (unpaired) electrons. The van der Waals surface area contributed by atoms with E-state index in [9.17, 15) is 9.90 Å². The van der Waals surface area contributed by atoms with E-state index in [0.717, 1.165) is 12.8 Å². The van der Waals surface area contributed by atoms with E-state index in [1.807, 2.05) is 6.92 Å². The van der Waals surface area contributed by atoms with Gasteiger partial charge in [-0.05, 0) is 19.3 Å². The number of rotatable bonds is 1. The van der Waals surface area contributed by atoms with Gasteiger partial charge in [0, 0.05) is 12.5 Å². The average molecular weight is 200 g/mol. The zero-order chi connectivity index (χ0) is 10.4. The fourth-order valence-electron chi connectivity index (χ4n) is 2.80. The molecule has 0 aromatic heterocycles. The molecule has 1 aliphatic carbocycles. The molecule has 4 heteroatoms. The van der Waals surface area contributed by atoms with Crippen molar-refractivity contribution in [1.29, 1.82) is 0 Å². The lowest BCUT2D eigenvalue weighted by molar-refractivity contribution is -0.295. The van der Waals surface area contributed by atoms with Crippen molar-refractivity contribution in [1.82, 2.24) is 0 Å². The minimum absolute atomic E-state index is 0.268. The van der Waals surface area contributed by atoms with Crippen molar-refractivity contribution >= 4 is 5.97 Å². The molecule has 0 aromatic rings. The van der Waals surface area contributed by atoms with Gasteiger partial charge in [0.2, 0.25) is 5.79 Å². The maximum Gasteiger partial charge on any atom is 0.309 e. The van der Waals surface area contributed by atoms with Crippen molar-refractivity contribution in [3.8, 4) is 0 Å². The summed E-state index contributed by atoms with van der Waals surface area (Å²) in [6, 6.07) is 0. The van der Waals surface area contributed by atoms with Gasteiger partial charge in [-0.2, -0.15) is 0 Å². The van der Waals surface area contributed by atoms with Crippen LogP contribution >= 0.6 is 0 Å². The molecule has 3 atom stereocenters. The van der Waals surface area contributed by atoms with E-state index in [2.05, 4.69) is 0 Å². The van der Waals surface area contributed by atoms with E-state index in [1.54, 1.807) is 0 Å². The highest BCUT2D eigenvalue weighted by atomic mass is 16.7. The number of carbonyl (C=O) groups is 1. The van der Waals surface area contributed by atoms with Gasteiger partial charge in [-0.15, -0.1) is 0 Å². The van der Waals surface area contributed by atoms with Gasteiger partial charge in [0.15, 0.2) is 0 Å². The smallest absolute Gasteiger partial charge is 0.309 e. The molecule has 1 saturated heterocycles. The van der Waals surface area contributed by atoms with Crippen LogP contribution in [-0.4, -0.2) is 30.1 Å². The summed E-state index contributed by atoms with van der Waals surface area (Å²) in [7, 11) is 1.49. The molecule has 14 heavy (non-hydrogen) atoms. The van der Waals surface area contributed by atoms with Crippen molar-refractivity contribution in [2.45, 2.75) is 44.5 Å². The van der Waals surface area contributed by atoms with Gasteiger partial charge in [-0.1, -0.05) is 6.92 Å². The first-order chi connectivity index (χ1) is 6.54. The van der Waals surface area contributed by atoms with Gasteiger partial charge < -0.3 is 14.6 Å². The summed E-state index contributed by atoms with van der Waals surface area (Å²) in [6.07, 6.45) is 2.06. The number of fused-ring (bicyclic) bond motifs is 1. The lowest BCUT2D eigenvalue weighted by atomic mass is 9.69. The molecule has 4 nitrogen and oxygen atoms in total. The van der Waals surface area contributed by atoms with Gasteiger partial charge in [-0.25, -0.2) is 0 Å². The first-order valence-corrected chi connectivity index (χ1v) is 4.99. The number of esters is 1. The fourth-order valence-corrected chi connectivity index (χ4v) is 2.80. The van der Waals surface area contributed by atoms with Crippen molar-refractivity contribution in [3.63, 3.8) is 0 Å². The maximum atomic E-state index is 11.3. The summed E-state index contributed by atoms with van der Waals surface area (Å²) < 4.78 is 10.5. The SMILES string of the molecule is CO[C@@]12OC(=O)C[C@]1(C)CCC[C@H]2O. The second-order valence-electron chi connectivity index (χ2n) is 4.49. The van der Waals surface area contributed by atoms with Crippen LogP contribution in [0.15, 0.2) is 0 Å². The highest BCUT2D eigenvalue weighted by molar-refractivity contribution is 5.73. The summed E-state index contributed by atoms with van der Waals surface area (Å²) in [6.45, 7) is 1.95. The molecule has 0 bridgehead atoms. The van der Waals surface area contributed by atoms with Crippen molar-refractivity contribution in [2.24, 2.45) is 5.41 Å². The van der Waals surface area contributed by atoms with Crippen LogP contribution in [0.3, 0.4) is 0 Å². The third kappa shape index (κ3) is 1.04. The molecule has 2 fully saturated rings. The van der Waals surface area contributed by atoms with Crippen LogP contribution in [0.5, 0.6) is 0 Å². The second-order valence-corrected chi connectivity index (χ2v) is 4.49. The Labute approximate surface area is 83.2 Å². The first kappa shape index (κ1) is 9.93. The van der Waals surface area contributed by atoms with E-state index in [-0.39, 0.29) is 11.4 Å². The number of hydrogen-bond acceptors (Lipinski definition) is 4. The summed E-state index contributed by atoms with van der Waals surface area (Å²) in [5.74, 6) is -1.36. The van der Waals surface area contributed by atoms with E-state index in [0.29, 0.717) is 12.8 Å². The van der Waals surface area contributed by atoms with E-state index in [4.69, 9.17) is 9.47 Å². The third-order valence-electron chi connectivity index (χ3n) is 3.59. The summed E-state index contributed by atoms with van der Waals surface area (Å²) in [4.78, 5) is 11.3. The minimum atomic E-state index is -1.09. The van der Waals surface area contributed by atoms with Crippen molar-refractivity contribution in [2.75, 3.05) is 7.11 Å². The topological polar surface area (TPSA) is 55.8 Å². The zero-order valence-corrected chi connectivity index (χ0v) is 8.58. The van der Waals surface area contributed by atoms with Crippen molar-refractivity contribution in [3.05, 3.63) is 0 Å². The van der Waals surface area contributed by atoms with Crippen LogP contribution in [0.1, 0.15) is 32.6 Å². The summed E-state index contributed by atoms with van der Waals surface area (Å²) in [5, 5.41) is 9.91. The van der Waals surface area contributed by atoms with Crippen LogP contribution in [0.4, 0.5) is 0 Å². The highest BCUT2D eigenvalue weighted by Gasteiger charge is 2.64. The molecular weight excluding hydrogens is 184 g/mol. The Morgan fingerprint density at radius 1 is 1.64 bits per heavy atom. The molecule has 80 valence electrons. The van der Waals surface area contributed by atoms with Crippen LogP contribution < -0.4 is 0 Å². The second kappa shape index (κ2) is 2.94. The Bertz CT molecular complexity index is 265. The molecule has 2 aliphatic rings. The molecular formula is C10H16O4. The van der Waals surface area contributed by atoms with Crippen molar-refractivity contribution < 1.29 is 19.4 Å². The molecule has 0 unspecified atom stereocenters. The standard InChI is InChI=1S/C10H16O4/c1-9-5-3-4-7(11)10(9,13-2)14-8(12)6-9/h7,11H,3-6H2,1-2H3/t7-,9+,10+/m1/s1. The Kier molecular flexibility index (Phi) is 2.08. The van der Waals surface area contributed by atoms with Crippen LogP contribution in [0.2, 0.25) is 0 Å². The highest BCUT2D eigenvalue weighted by Crippen LogP contribution is 2.53. The normalized spacial score (nSPS) is 47.4. The lowest BCUT2D eigenvalue weighted by Crippen LogP contribution is -2.56. The number of carbonyl (C=O) groups excluding carboxylic acids is 1. The molecule has 0 aromatic carbocycles. The number of ether oxygens (including phenoxy) is 2. The number of methoxy groups -OCH3 is 1. The van der Waals surface area contributed by atoms with E-state index >= 15 is 0 Å². The van der Waals surface area contributed by atoms with Gasteiger partial charge in [0.1, 0.15) is 6.10 Å². The number of aliphatic hydroxyl groups is 1. The average Bonchev–Trinajstić information content (AvgIpc) is 2.38. The van der Waals surface area contributed by atoms with Crippen LogP contribution in [-0.2, 0) is 14.3 Å². The Hall–Kier alpha value is -0.610.